The third kappa shape index (κ3) is 8.29. The summed E-state index contributed by atoms with van der Waals surface area (Å²) in [5.41, 5.74) is -0.248. The molecule has 1 aromatic rings. The molecule has 0 aliphatic carbocycles. The van der Waals surface area contributed by atoms with Crippen LogP contribution in [-0.2, 0) is 14.3 Å². The van der Waals surface area contributed by atoms with Crippen LogP contribution in [0, 0.1) is 0 Å². The first kappa shape index (κ1) is 24.6. The van der Waals surface area contributed by atoms with Gasteiger partial charge in [-0.1, -0.05) is 23.2 Å². The van der Waals surface area contributed by atoms with Gasteiger partial charge >= 0.3 is 5.97 Å². The van der Waals surface area contributed by atoms with E-state index in [1.807, 2.05) is 27.0 Å². The minimum Gasteiger partial charge on any atom is -0.451 e. The number of esters is 1. The van der Waals surface area contributed by atoms with Crippen LogP contribution in [0.5, 0.6) is 0 Å². The van der Waals surface area contributed by atoms with Crippen molar-refractivity contribution in [2.45, 2.75) is 51.8 Å². The van der Waals surface area contributed by atoms with E-state index in [1.54, 1.807) is 0 Å². The standard InChI is InChI=1S/C19H26Cl2N2O4S/c1-11(16(24)23-19(2,3)4)27-18(26)15(8-9-28-5)22-17(25)13-7-6-12(20)10-14(13)21/h6-7,10-11,15H,8-9H2,1-5H3,(H,22,25)(H,23,24). The average Bonchev–Trinajstić information content (AvgIpc) is 2.56. The molecule has 1 aromatic carbocycles. The molecule has 0 spiro atoms. The van der Waals surface area contributed by atoms with Gasteiger partial charge in [-0.25, -0.2) is 4.79 Å². The molecule has 1 rings (SSSR count). The zero-order valence-electron chi connectivity index (χ0n) is 16.6. The van der Waals surface area contributed by atoms with Crippen LogP contribution in [-0.4, -0.2) is 47.5 Å². The van der Waals surface area contributed by atoms with Gasteiger partial charge in [0.2, 0.25) is 0 Å². The van der Waals surface area contributed by atoms with Crippen molar-refractivity contribution in [3.8, 4) is 0 Å². The third-order valence-corrected chi connectivity index (χ3v) is 4.73. The van der Waals surface area contributed by atoms with E-state index >= 15 is 0 Å². The SMILES string of the molecule is CSCCC(NC(=O)c1ccc(Cl)cc1Cl)C(=O)OC(C)C(=O)NC(C)(C)C. The summed E-state index contributed by atoms with van der Waals surface area (Å²) in [7, 11) is 0. The average molecular weight is 449 g/mol. The van der Waals surface area contributed by atoms with Crippen LogP contribution in [0.1, 0.15) is 44.5 Å². The number of amides is 2. The first-order chi connectivity index (χ1) is 12.9. The minimum absolute atomic E-state index is 0.180. The second-order valence-corrected chi connectivity index (χ2v) is 9.08. The van der Waals surface area contributed by atoms with Gasteiger partial charge in [0.05, 0.1) is 10.6 Å². The van der Waals surface area contributed by atoms with Crippen molar-refractivity contribution >= 4 is 52.7 Å². The van der Waals surface area contributed by atoms with Gasteiger partial charge < -0.3 is 15.4 Å². The van der Waals surface area contributed by atoms with Crippen LogP contribution in [0.4, 0.5) is 0 Å². The molecule has 28 heavy (non-hydrogen) atoms. The van der Waals surface area contributed by atoms with Gasteiger partial charge in [0.25, 0.3) is 11.8 Å². The van der Waals surface area contributed by atoms with E-state index in [4.69, 9.17) is 27.9 Å². The summed E-state index contributed by atoms with van der Waals surface area (Å²) >= 11 is 13.4. The Labute approximate surface area is 180 Å². The topological polar surface area (TPSA) is 84.5 Å². The highest BCUT2D eigenvalue weighted by atomic mass is 35.5. The number of benzene rings is 1. The van der Waals surface area contributed by atoms with E-state index in [0.717, 1.165) is 0 Å². The summed E-state index contributed by atoms with van der Waals surface area (Å²) in [6, 6.07) is 3.57. The van der Waals surface area contributed by atoms with Gasteiger partial charge in [0.15, 0.2) is 6.10 Å². The summed E-state index contributed by atoms with van der Waals surface area (Å²) < 4.78 is 5.27. The van der Waals surface area contributed by atoms with Gasteiger partial charge in [-0.05, 0) is 64.3 Å². The fourth-order valence-electron chi connectivity index (χ4n) is 2.18. The Kier molecular flexibility index (Phi) is 9.60. The Hall–Kier alpha value is -1.44. The van der Waals surface area contributed by atoms with Crippen molar-refractivity contribution in [1.82, 2.24) is 10.6 Å². The minimum atomic E-state index is -0.987. The summed E-state index contributed by atoms with van der Waals surface area (Å²) in [6.45, 7) is 6.98. The summed E-state index contributed by atoms with van der Waals surface area (Å²) in [6.07, 6.45) is 1.25. The molecule has 0 aliphatic rings. The van der Waals surface area contributed by atoms with Crippen molar-refractivity contribution in [2.75, 3.05) is 12.0 Å². The number of hydrogen-bond acceptors (Lipinski definition) is 5. The number of rotatable bonds is 8. The number of ether oxygens (including phenoxy) is 1. The second kappa shape index (κ2) is 10.9. The van der Waals surface area contributed by atoms with Crippen molar-refractivity contribution in [2.24, 2.45) is 0 Å². The molecule has 2 amide bonds. The first-order valence-electron chi connectivity index (χ1n) is 8.72. The number of halogens is 2. The number of carbonyl (C=O) groups excluding carboxylic acids is 3. The Morgan fingerprint density at radius 1 is 1.21 bits per heavy atom. The molecule has 0 bridgehead atoms. The number of nitrogens with one attached hydrogen (secondary N) is 2. The first-order valence-corrected chi connectivity index (χ1v) is 10.9. The molecule has 6 nitrogen and oxygen atoms in total. The van der Waals surface area contributed by atoms with E-state index in [2.05, 4.69) is 10.6 Å². The molecule has 0 saturated carbocycles. The zero-order valence-corrected chi connectivity index (χ0v) is 18.9. The molecule has 0 fully saturated rings. The third-order valence-electron chi connectivity index (χ3n) is 3.54. The molecule has 0 heterocycles. The fraction of sp³-hybridized carbons (Fsp3) is 0.526. The van der Waals surface area contributed by atoms with Crippen LogP contribution in [0.15, 0.2) is 18.2 Å². The van der Waals surface area contributed by atoms with Crippen molar-refractivity contribution < 1.29 is 19.1 Å². The second-order valence-electron chi connectivity index (χ2n) is 7.25. The van der Waals surface area contributed by atoms with Crippen molar-refractivity contribution in [1.29, 1.82) is 0 Å². The molecule has 0 aliphatic heterocycles. The van der Waals surface area contributed by atoms with Gasteiger partial charge in [0.1, 0.15) is 6.04 Å². The quantitative estimate of drug-likeness (QED) is 0.592. The van der Waals surface area contributed by atoms with E-state index in [0.29, 0.717) is 17.2 Å². The van der Waals surface area contributed by atoms with E-state index < -0.39 is 35.5 Å². The lowest BCUT2D eigenvalue weighted by molar-refractivity contribution is -0.157. The molecule has 2 atom stereocenters. The molecule has 2 N–H and O–H groups in total. The fourth-order valence-corrected chi connectivity index (χ4v) is 3.14. The predicted octanol–water partition coefficient (Wildman–Crippen LogP) is 3.69. The van der Waals surface area contributed by atoms with Crippen LogP contribution in [0.25, 0.3) is 0 Å². The van der Waals surface area contributed by atoms with Crippen LogP contribution < -0.4 is 10.6 Å². The Bertz CT molecular complexity index is 722. The Morgan fingerprint density at radius 2 is 1.86 bits per heavy atom. The summed E-state index contributed by atoms with van der Waals surface area (Å²) in [5.74, 6) is -0.978. The lowest BCUT2D eigenvalue weighted by atomic mass is 10.1. The number of hydrogen-bond donors (Lipinski definition) is 2. The van der Waals surface area contributed by atoms with Gasteiger partial charge in [-0.15, -0.1) is 0 Å². The number of carbonyl (C=O) groups is 3. The maximum absolute atomic E-state index is 12.6. The molecular formula is C19H26Cl2N2O4S. The largest absolute Gasteiger partial charge is 0.451 e. The highest BCUT2D eigenvalue weighted by molar-refractivity contribution is 7.98. The number of thioether (sulfide) groups is 1. The summed E-state index contributed by atoms with van der Waals surface area (Å²) in [5, 5.41) is 5.96. The molecule has 0 saturated heterocycles. The Morgan fingerprint density at radius 3 is 2.39 bits per heavy atom. The lowest BCUT2D eigenvalue weighted by Crippen LogP contribution is -2.48. The maximum Gasteiger partial charge on any atom is 0.329 e. The van der Waals surface area contributed by atoms with E-state index in [1.165, 1.54) is 36.9 Å². The van der Waals surface area contributed by atoms with Crippen LogP contribution in [0.3, 0.4) is 0 Å². The van der Waals surface area contributed by atoms with Gasteiger partial charge in [-0.3, -0.25) is 9.59 Å². The van der Waals surface area contributed by atoms with Crippen molar-refractivity contribution in [3.05, 3.63) is 33.8 Å². The van der Waals surface area contributed by atoms with Gasteiger partial charge in [-0.2, -0.15) is 11.8 Å². The van der Waals surface area contributed by atoms with Crippen LogP contribution >= 0.6 is 35.0 Å². The summed E-state index contributed by atoms with van der Waals surface area (Å²) in [4.78, 5) is 37.2. The zero-order chi connectivity index (χ0) is 21.5. The Balaban J connectivity index is 2.84. The molecule has 9 heteroatoms. The van der Waals surface area contributed by atoms with Gasteiger partial charge in [0, 0.05) is 10.6 Å². The monoisotopic (exact) mass is 448 g/mol. The van der Waals surface area contributed by atoms with Crippen LogP contribution in [0.2, 0.25) is 10.0 Å². The normalized spacial score (nSPS) is 13.4. The van der Waals surface area contributed by atoms with E-state index in [-0.39, 0.29) is 10.6 Å². The predicted molar refractivity (Wildman–Crippen MR) is 114 cm³/mol. The van der Waals surface area contributed by atoms with Crippen molar-refractivity contribution in [3.63, 3.8) is 0 Å². The molecular weight excluding hydrogens is 423 g/mol. The highest BCUT2D eigenvalue weighted by Gasteiger charge is 2.28. The highest BCUT2D eigenvalue weighted by Crippen LogP contribution is 2.21. The van der Waals surface area contributed by atoms with E-state index in [9.17, 15) is 14.4 Å². The molecule has 2 unspecified atom stereocenters. The maximum atomic E-state index is 12.6. The smallest absolute Gasteiger partial charge is 0.329 e. The lowest BCUT2D eigenvalue weighted by Gasteiger charge is -2.24. The molecule has 156 valence electrons. The molecule has 0 aromatic heterocycles. The molecule has 0 radical (unpaired) electrons.